The van der Waals surface area contributed by atoms with Crippen LogP contribution < -0.4 is 5.43 Å². The minimum absolute atomic E-state index is 0.212. The van der Waals surface area contributed by atoms with Crippen molar-refractivity contribution in [3.8, 4) is 0 Å². The van der Waals surface area contributed by atoms with Crippen LogP contribution in [0.2, 0.25) is 5.02 Å². The molecule has 0 atom stereocenters. The van der Waals surface area contributed by atoms with E-state index in [0.29, 0.717) is 11.5 Å². The van der Waals surface area contributed by atoms with E-state index in [4.69, 9.17) is 16.0 Å². The zero-order valence-electron chi connectivity index (χ0n) is 14.2. The molecule has 1 N–H and O–H groups in total. The fourth-order valence-electron chi connectivity index (χ4n) is 1.88. The molecule has 3 rings (SSSR count). The highest BCUT2D eigenvalue weighted by atomic mass is 35.5. The van der Waals surface area contributed by atoms with Crippen molar-refractivity contribution in [1.82, 2.24) is 15.6 Å². The molecule has 27 heavy (non-hydrogen) atoms. The van der Waals surface area contributed by atoms with Crippen molar-refractivity contribution >= 4 is 58.1 Å². The van der Waals surface area contributed by atoms with Crippen molar-refractivity contribution in [2.45, 2.75) is 21.4 Å². The number of carbonyl (C=O) groups excluding carboxylic acids is 1. The van der Waals surface area contributed by atoms with Crippen molar-refractivity contribution in [3.05, 3.63) is 59.0 Å². The lowest BCUT2D eigenvalue weighted by molar-refractivity contribution is -0.118. The predicted molar refractivity (Wildman–Crippen MR) is 111 cm³/mol. The number of rotatable bonds is 8. The van der Waals surface area contributed by atoms with E-state index in [2.05, 4.69) is 20.7 Å². The van der Waals surface area contributed by atoms with E-state index in [1.807, 2.05) is 24.3 Å². The van der Waals surface area contributed by atoms with Gasteiger partial charge in [0.2, 0.25) is 0 Å². The first kappa shape index (κ1) is 19.9. The van der Waals surface area contributed by atoms with Gasteiger partial charge in [-0.3, -0.25) is 4.79 Å². The highest BCUT2D eigenvalue weighted by Crippen LogP contribution is 2.30. The molecule has 140 valence electrons. The van der Waals surface area contributed by atoms with Gasteiger partial charge < -0.3 is 4.42 Å². The average molecular weight is 439 g/mol. The number of aromatic nitrogens is 2. The van der Waals surface area contributed by atoms with Gasteiger partial charge >= 0.3 is 0 Å². The molecule has 1 aromatic carbocycles. The van der Waals surface area contributed by atoms with Gasteiger partial charge in [-0.05, 0) is 36.8 Å². The minimum Gasteiger partial charge on any atom is -0.463 e. The molecule has 10 heteroatoms. The van der Waals surface area contributed by atoms with Crippen LogP contribution in [0, 0.1) is 0 Å². The number of benzene rings is 1. The van der Waals surface area contributed by atoms with Gasteiger partial charge in [-0.1, -0.05) is 58.6 Å². The number of hydrogen-bond acceptors (Lipinski definition) is 8. The number of halogens is 1. The van der Waals surface area contributed by atoms with Gasteiger partial charge in [0.05, 0.1) is 12.0 Å². The summed E-state index contributed by atoms with van der Waals surface area (Å²) in [7, 11) is 0. The lowest BCUT2D eigenvalue weighted by Crippen LogP contribution is -2.21. The number of furan rings is 1. The molecule has 0 unspecified atom stereocenters. The van der Waals surface area contributed by atoms with Crippen LogP contribution in [0.25, 0.3) is 0 Å². The third-order valence-electron chi connectivity index (χ3n) is 3.22. The highest BCUT2D eigenvalue weighted by Gasteiger charge is 2.09. The smallest absolute Gasteiger partial charge is 0.250 e. The standard InChI is InChI=1S/C17H15ClN4O2S3/c1-11(14-3-2-8-24-14)19-20-15(23)10-26-17-22-21-16(27-17)25-9-12-4-6-13(18)7-5-12/h2-8H,9-10H2,1H3,(H,20,23). The topological polar surface area (TPSA) is 80.4 Å². The number of nitrogens with zero attached hydrogens (tertiary/aromatic N) is 3. The summed E-state index contributed by atoms with van der Waals surface area (Å²) >= 11 is 10.3. The van der Waals surface area contributed by atoms with E-state index < -0.39 is 0 Å². The van der Waals surface area contributed by atoms with E-state index in [0.717, 1.165) is 25.0 Å². The van der Waals surface area contributed by atoms with Gasteiger partial charge in [-0.2, -0.15) is 5.10 Å². The Kier molecular flexibility index (Phi) is 7.33. The maximum Gasteiger partial charge on any atom is 0.250 e. The van der Waals surface area contributed by atoms with E-state index >= 15 is 0 Å². The molecule has 0 aliphatic heterocycles. The lowest BCUT2D eigenvalue weighted by atomic mass is 10.2. The number of hydrazone groups is 1. The Hall–Kier alpha value is -1.81. The molecule has 0 bridgehead atoms. The average Bonchev–Trinajstić information content (AvgIpc) is 3.36. The Bertz CT molecular complexity index is 911. The number of nitrogens with one attached hydrogen (secondary N) is 1. The summed E-state index contributed by atoms with van der Waals surface area (Å²) in [4.78, 5) is 11.9. The Labute approximate surface area is 173 Å². The van der Waals surface area contributed by atoms with Crippen LogP contribution in [0.4, 0.5) is 0 Å². The second kappa shape index (κ2) is 9.93. The minimum atomic E-state index is -0.212. The Morgan fingerprint density at radius 3 is 2.67 bits per heavy atom. The van der Waals surface area contributed by atoms with Gasteiger partial charge in [-0.25, -0.2) is 5.43 Å². The molecular formula is C17H15ClN4O2S3. The molecule has 0 saturated carbocycles. The molecule has 0 aliphatic rings. The molecule has 0 radical (unpaired) electrons. The molecule has 0 saturated heterocycles. The van der Waals surface area contributed by atoms with Crippen molar-refractivity contribution < 1.29 is 9.21 Å². The van der Waals surface area contributed by atoms with Gasteiger partial charge in [0, 0.05) is 10.8 Å². The maximum atomic E-state index is 11.9. The van der Waals surface area contributed by atoms with Crippen LogP contribution in [-0.4, -0.2) is 27.6 Å². The summed E-state index contributed by atoms with van der Waals surface area (Å²) in [5.74, 6) is 1.41. The summed E-state index contributed by atoms with van der Waals surface area (Å²) in [6.45, 7) is 1.77. The SMILES string of the molecule is CC(=NNC(=O)CSc1nnc(SCc2ccc(Cl)cc2)s1)c1ccco1. The van der Waals surface area contributed by atoms with Gasteiger partial charge in [0.1, 0.15) is 11.5 Å². The van der Waals surface area contributed by atoms with Crippen LogP contribution in [0.15, 0.2) is 60.9 Å². The first-order valence-electron chi connectivity index (χ1n) is 7.81. The van der Waals surface area contributed by atoms with Gasteiger partial charge in [0.25, 0.3) is 5.91 Å². The Balaban J connectivity index is 1.43. The zero-order chi connectivity index (χ0) is 19.1. The van der Waals surface area contributed by atoms with Crippen molar-refractivity contribution in [1.29, 1.82) is 0 Å². The number of hydrogen-bond donors (Lipinski definition) is 1. The molecule has 1 amide bonds. The molecular weight excluding hydrogens is 424 g/mol. The van der Waals surface area contributed by atoms with Crippen LogP contribution in [-0.2, 0) is 10.5 Å². The maximum absolute atomic E-state index is 11.9. The van der Waals surface area contributed by atoms with Crippen molar-refractivity contribution in [2.75, 3.05) is 5.75 Å². The molecule has 0 spiro atoms. The summed E-state index contributed by atoms with van der Waals surface area (Å²) in [6, 6.07) is 11.3. The zero-order valence-corrected chi connectivity index (χ0v) is 17.4. The monoisotopic (exact) mass is 438 g/mol. The predicted octanol–water partition coefficient (Wildman–Crippen LogP) is 4.71. The second-order valence-electron chi connectivity index (χ2n) is 5.25. The van der Waals surface area contributed by atoms with Crippen LogP contribution in [0.1, 0.15) is 18.2 Å². The van der Waals surface area contributed by atoms with E-state index in [1.165, 1.54) is 23.1 Å². The van der Waals surface area contributed by atoms with E-state index in [1.54, 1.807) is 37.1 Å². The molecule has 0 aliphatic carbocycles. The Morgan fingerprint density at radius 2 is 1.96 bits per heavy atom. The quantitative estimate of drug-likeness (QED) is 0.311. The van der Waals surface area contributed by atoms with E-state index in [-0.39, 0.29) is 11.7 Å². The van der Waals surface area contributed by atoms with Crippen molar-refractivity contribution in [3.63, 3.8) is 0 Å². The third kappa shape index (κ3) is 6.39. The summed E-state index contributed by atoms with van der Waals surface area (Å²) in [5, 5.41) is 13.0. The van der Waals surface area contributed by atoms with Crippen molar-refractivity contribution in [2.24, 2.45) is 5.10 Å². The second-order valence-corrected chi connectivity index (χ2v) is 9.11. The number of thioether (sulfide) groups is 2. The van der Waals surface area contributed by atoms with Crippen LogP contribution in [0.3, 0.4) is 0 Å². The number of carbonyl (C=O) groups is 1. The summed E-state index contributed by atoms with van der Waals surface area (Å²) in [6.07, 6.45) is 1.56. The first-order valence-corrected chi connectivity index (χ1v) is 11.0. The molecule has 2 aromatic heterocycles. The normalized spacial score (nSPS) is 11.6. The fourth-order valence-corrected chi connectivity index (χ4v) is 4.78. The largest absolute Gasteiger partial charge is 0.463 e. The van der Waals surface area contributed by atoms with Crippen LogP contribution in [0.5, 0.6) is 0 Å². The fraction of sp³-hybridized carbons (Fsp3) is 0.176. The molecule has 3 aromatic rings. The van der Waals surface area contributed by atoms with E-state index in [9.17, 15) is 4.79 Å². The summed E-state index contributed by atoms with van der Waals surface area (Å²) in [5.41, 5.74) is 4.28. The summed E-state index contributed by atoms with van der Waals surface area (Å²) < 4.78 is 6.81. The van der Waals surface area contributed by atoms with Gasteiger partial charge in [0.15, 0.2) is 8.68 Å². The lowest BCUT2D eigenvalue weighted by Gasteiger charge is -1.99. The van der Waals surface area contributed by atoms with Gasteiger partial charge in [-0.15, -0.1) is 10.2 Å². The number of amides is 1. The van der Waals surface area contributed by atoms with Crippen LogP contribution >= 0.6 is 46.5 Å². The molecule has 6 nitrogen and oxygen atoms in total. The molecule has 0 fully saturated rings. The Morgan fingerprint density at radius 1 is 1.22 bits per heavy atom. The highest BCUT2D eigenvalue weighted by molar-refractivity contribution is 8.03. The first-order chi connectivity index (χ1) is 13.1. The third-order valence-corrected chi connectivity index (χ3v) is 6.73. The molecule has 2 heterocycles.